The van der Waals surface area contributed by atoms with Gasteiger partial charge >= 0.3 is 0 Å². The molecule has 0 amide bonds. The van der Waals surface area contributed by atoms with Crippen LogP contribution in [-0.2, 0) is 0 Å². The van der Waals surface area contributed by atoms with Crippen molar-refractivity contribution in [3.8, 4) is 5.88 Å². The molecule has 0 bridgehead atoms. The molecule has 0 atom stereocenters. The molecular formula is C20H23Br2F3N2O2. The van der Waals surface area contributed by atoms with Crippen LogP contribution in [0.2, 0.25) is 0 Å². The lowest BCUT2D eigenvalue weighted by Crippen LogP contribution is -2.15. The van der Waals surface area contributed by atoms with Crippen LogP contribution < -0.4 is 4.74 Å². The summed E-state index contributed by atoms with van der Waals surface area (Å²) in [6.45, 7) is -0.158. The van der Waals surface area contributed by atoms with E-state index in [0.717, 1.165) is 34.6 Å². The van der Waals surface area contributed by atoms with Gasteiger partial charge < -0.3 is 9.84 Å². The number of hydrogen-bond donors (Lipinski definition) is 1. The van der Waals surface area contributed by atoms with Crippen LogP contribution in [0.15, 0.2) is 45.6 Å². The van der Waals surface area contributed by atoms with Crippen molar-refractivity contribution in [2.24, 2.45) is 10.8 Å². The zero-order valence-electron chi connectivity index (χ0n) is 15.8. The lowest BCUT2D eigenvalue weighted by atomic mass is 10.1. The molecule has 4 rings (SSSR count). The number of nitrogens with zero attached hydrogens (tertiary/aromatic N) is 2. The van der Waals surface area contributed by atoms with Crippen molar-refractivity contribution in [3.05, 3.63) is 51.6 Å². The molecule has 2 aliphatic rings. The molecular weight excluding hydrogens is 517 g/mol. The van der Waals surface area contributed by atoms with Crippen LogP contribution in [0.5, 0.6) is 5.88 Å². The van der Waals surface area contributed by atoms with Crippen molar-refractivity contribution in [1.29, 1.82) is 0 Å². The Labute approximate surface area is 185 Å². The van der Waals surface area contributed by atoms with Gasteiger partial charge in [0.25, 0.3) is 0 Å². The Kier molecular flexibility index (Phi) is 9.36. The van der Waals surface area contributed by atoms with Gasteiger partial charge in [-0.25, -0.2) is 9.97 Å². The largest absolute Gasteiger partial charge is 0.477 e. The minimum atomic E-state index is -0.451. The first kappa shape index (κ1) is 24.1. The summed E-state index contributed by atoms with van der Waals surface area (Å²) in [5, 5.41) is 8.42. The molecule has 2 heterocycles. The molecule has 160 valence electrons. The van der Waals surface area contributed by atoms with E-state index in [2.05, 4.69) is 41.8 Å². The molecule has 0 aliphatic heterocycles. The van der Waals surface area contributed by atoms with Crippen molar-refractivity contribution in [1.82, 2.24) is 9.97 Å². The maximum Gasteiger partial charge on any atom is 0.213 e. The fraction of sp³-hybridized carbons (Fsp3) is 0.500. The topological polar surface area (TPSA) is 55.2 Å². The first-order chi connectivity index (χ1) is 13.9. The van der Waals surface area contributed by atoms with Crippen LogP contribution in [0, 0.1) is 16.8 Å². The van der Waals surface area contributed by atoms with Crippen molar-refractivity contribution in [2.45, 2.75) is 25.7 Å². The van der Waals surface area contributed by atoms with Crippen molar-refractivity contribution in [3.63, 3.8) is 0 Å². The second-order valence-electron chi connectivity index (χ2n) is 7.33. The van der Waals surface area contributed by atoms with Gasteiger partial charge in [-0.05, 0) is 75.7 Å². The molecule has 2 aliphatic carbocycles. The molecule has 2 aromatic heterocycles. The third-order valence-corrected chi connectivity index (χ3v) is 5.67. The minimum Gasteiger partial charge on any atom is -0.477 e. The van der Waals surface area contributed by atoms with Gasteiger partial charge in [-0.15, -0.1) is 0 Å². The molecule has 2 aromatic rings. The minimum absolute atomic E-state index is 0.0312. The number of aromatic nitrogens is 2. The van der Waals surface area contributed by atoms with E-state index in [1.807, 2.05) is 6.07 Å². The number of pyridine rings is 2. The highest BCUT2D eigenvalue weighted by atomic mass is 79.9. The van der Waals surface area contributed by atoms with Gasteiger partial charge in [0.2, 0.25) is 11.8 Å². The Hall–Kier alpha value is -1.19. The molecule has 0 radical (unpaired) electrons. The Morgan fingerprint density at radius 1 is 0.897 bits per heavy atom. The number of alkyl halides is 2. The lowest BCUT2D eigenvalue weighted by Gasteiger charge is -2.11. The summed E-state index contributed by atoms with van der Waals surface area (Å²) in [6.07, 6.45) is 6.69. The summed E-state index contributed by atoms with van der Waals surface area (Å²) in [7, 11) is 0. The highest BCUT2D eigenvalue weighted by molar-refractivity contribution is 9.10. The van der Waals surface area contributed by atoms with Gasteiger partial charge in [0.15, 0.2) is 0 Å². The quantitative estimate of drug-likeness (QED) is 0.479. The van der Waals surface area contributed by atoms with Crippen LogP contribution in [0.3, 0.4) is 0 Å². The third kappa shape index (κ3) is 8.60. The third-order valence-electron chi connectivity index (χ3n) is 4.73. The van der Waals surface area contributed by atoms with Crippen LogP contribution in [0.25, 0.3) is 0 Å². The molecule has 0 saturated heterocycles. The van der Waals surface area contributed by atoms with Gasteiger partial charge in [0, 0.05) is 38.2 Å². The standard InChI is InChI=1S/C10H11BrFNO.C5H3BrFN.C5H9FO/c11-8-1-2-9(13-5-8)14-7-10(6-12)3-4-10;6-4-1-2-5(7)8-3-4;6-3-5(4-7)1-2-5/h1-2,5H,3-4,6-7H2;1-3H;7H,1-4H2. The van der Waals surface area contributed by atoms with Crippen molar-refractivity contribution in [2.75, 3.05) is 26.6 Å². The van der Waals surface area contributed by atoms with E-state index in [4.69, 9.17) is 9.84 Å². The lowest BCUT2D eigenvalue weighted by molar-refractivity contribution is 0.181. The molecule has 0 unspecified atom stereocenters. The van der Waals surface area contributed by atoms with Gasteiger partial charge in [0.05, 0.1) is 26.6 Å². The Morgan fingerprint density at radius 3 is 1.76 bits per heavy atom. The van der Waals surface area contributed by atoms with Crippen LogP contribution in [0.1, 0.15) is 25.7 Å². The summed E-state index contributed by atoms with van der Waals surface area (Å²) in [5.41, 5.74) is -0.477. The van der Waals surface area contributed by atoms with E-state index in [0.29, 0.717) is 12.5 Å². The summed E-state index contributed by atoms with van der Waals surface area (Å²) in [4.78, 5) is 7.42. The zero-order chi connectivity index (χ0) is 21.3. The number of aliphatic hydroxyl groups excluding tert-OH is 1. The molecule has 1 N–H and O–H groups in total. The number of hydrogen-bond acceptors (Lipinski definition) is 4. The van der Waals surface area contributed by atoms with Gasteiger partial charge in [-0.1, -0.05) is 0 Å². The van der Waals surface area contributed by atoms with E-state index in [1.54, 1.807) is 18.3 Å². The predicted octanol–water partition coefficient (Wildman–Crippen LogP) is 5.68. The summed E-state index contributed by atoms with van der Waals surface area (Å²) < 4.78 is 43.2. The average Bonchev–Trinajstić information content (AvgIpc) is 3.67. The van der Waals surface area contributed by atoms with Crippen LogP contribution in [-0.4, -0.2) is 41.6 Å². The average molecular weight is 540 g/mol. The molecule has 2 saturated carbocycles. The fourth-order valence-corrected chi connectivity index (χ4v) is 2.51. The molecule has 4 nitrogen and oxygen atoms in total. The number of ether oxygens (including phenoxy) is 1. The second-order valence-corrected chi connectivity index (χ2v) is 9.16. The molecule has 9 heteroatoms. The monoisotopic (exact) mass is 538 g/mol. The zero-order valence-corrected chi connectivity index (χ0v) is 18.9. The van der Waals surface area contributed by atoms with E-state index in [-0.39, 0.29) is 30.8 Å². The smallest absolute Gasteiger partial charge is 0.213 e. The van der Waals surface area contributed by atoms with Crippen LogP contribution >= 0.6 is 31.9 Å². The van der Waals surface area contributed by atoms with Crippen molar-refractivity contribution < 1.29 is 23.0 Å². The summed E-state index contributed by atoms with van der Waals surface area (Å²) in [5.74, 6) is 0.112. The molecule has 2 fully saturated rings. The maximum atomic E-state index is 12.5. The molecule has 0 aromatic carbocycles. The Bertz CT molecular complexity index is 713. The summed E-state index contributed by atoms with van der Waals surface area (Å²) in [6, 6.07) is 6.53. The van der Waals surface area contributed by atoms with Gasteiger partial charge in [-0.2, -0.15) is 4.39 Å². The SMILES string of the molecule is FCC1(COc2ccc(Br)cn2)CC1.Fc1ccc(Br)cn1.OCC1(CF)CC1. The normalized spacial score (nSPS) is 17.2. The first-order valence-corrected chi connectivity index (χ1v) is 10.7. The van der Waals surface area contributed by atoms with Crippen molar-refractivity contribution >= 4 is 31.9 Å². The highest BCUT2D eigenvalue weighted by Gasteiger charge is 2.44. The fourth-order valence-electron chi connectivity index (χ4n) is 2.04. The molecule has 0 spiro atoms. The van der Waals surface area contributed by atoms with E-state index < -0.39 is 5.95 Å². The van der Waals surface area contributed by atoms with E-state index in [9.17, 15) is 13.2 Å². The highest BCUT2D eigenvalue weighted by Crippen LogP contribution is 2.46. The van der Waals surface area contributed by atoms with Gasteiger partial charge in [0.1, 0.15) is 0 Å². The Balaban J connectivity index is 0.000000170. The number of aliphatic hydroxyl groups is 1. The van der Waals surface area contributed by atoms with E-state index in [1.165, 1.54) is 12.3 Å². The van der Waals surface area contributed by atoms with E-state index >= 15 is 0 Å². The maximum absolute atomic E-state index is 12.5. The molecule has 29 heavy (non-hydrogen) atoms. The second kappa shape index (κ2) is 11.3. The Morgan fingerprint density at radius 2 is 1.45 bits per heavy atom. The van der Waals surface area contributed by atoms with Crippen LogP contribution in [0.4, 0.5) is 13.2 Å². The van der Waals surface area contributed by atoms with Gasteiger partial charge in [-0.3, -0.25) is 8.78 Å². The summed E-state index contributed by atoms with van der Waals surface area (Å²) >= 11 is 6.40. The predicted molar refractivity (Wildman–Crippen MR) is 112 cm³/mol. The number of halogens is 5. The number of rotatable bonds is 6. The first-order valence-electron chi connectivity index (χ1n) is 9.10.